The van der Waals surface area contributed by atoms with E-state index in [-0.39, 0.29) is 36.7 Å². The van der Waals surface area contributed by atoms with Crippen LogP contribution in [0.15, 0.2) is 54.7 Å². The zero-order valence-corrected chi connectivity index (χ0v) is 33.5. The molecule has 0 spiro atoms. The number of hydrogen-bond acceptors (Lipinski definition) is 10. The molecular formula is C44H51N9O5. The Bertz CT molecular complexity index is 2150. The number of piperazine rings is 2. The molecule has 4 fully saturated rings. The number of aromatic nitrogens is 1. The van der Waals surface area contributed by atoms with Gasteiger partial charge in [0.1, 0.15) is 11.9 Å². The number of carbonyl (C=O) groups excluding carboxylic acids is 5. The Labute approximate surface area is 339 Å². The average Bonchev–Trinajstić information content (AvgIpc) is 3.47. The number of nitrogens with one attached hydrogen (secondary N) is 1. The number of anilines is 3. The SMILES string of the molecule is [C-]#[N+]c1ccc(N2C[C@@H](C)N(C(=O)Cc3ccc(N4CCC(CN5CCN(c6ccc7c(c6)C(=O)N(C6CCC(=O)NC6=O)C7=O)CC5)CC4)nc3)C[C@@H]2C)cc1C. The molecule has 1 unspecified atom stereocenters. The van der Waals surface area contributed by atoms with Gasteiger partial charge in [-0.3, -0.25) is 39.1 Å². The minimum atomic E-state index is -0.969. The van der Waals surface area contributed by atoms with Gasteiger partial charge < -0.3 is 19.6 Å². The number of nitrogens with zero attached hydrogens (tertiary/aromatic N) is 8. The third-order valence-corrected chi connectivity index (χ3v) is 12.7. The summed E-state index contributed by atoms with van der Waals surface area (Å²) < 4.78 is 0. The summed E-state index contributed by atoms with van der Waals surface area (Å²) in [5.74, 6) is -0.299. The number of fused-ring (bicyclic) bond motifs is 1. The molecule has 302 valence electrons. The molecule has 5 amide bonds. The van der Waals surface area contributed by atoms with E-state index in [1.54, 1.807) is 12.1 Å². The van der Waals surface area contributed by atoms with Crippen molar-refractivity contribution in [1.29, 1.82) is 0 Å². The monoisotopic (exact) mass is 785 g/mol. The highest BCUT2D eigenvalue weighted by molar-refractivity contribution is 6.23. The topological polar surface area (TPSA) is 134 Å². The minimum Gasteiger partial charge on any atom is -0.369 e. The average molecular weight is 786 g/mol. The quantitative estimate of drug-likeness (QED) is 0.264. The Morgan fingerprint density at radius 2 is 1.57 bits per heavy atom. The Morgan fingerprint density at radius 1 is 0.828 bits per heavy atom. The second-order valence-corrected chi connectivity index (χ2v) is 16.6. The van der Waals surface area contributed by atoms with E-state index in [2.05, 4.69) is 55.7 Å². The molecule has 0 aliphatic carbocycles. The lowest BCUT2D eigenvalue weighted by molar-refractivity contribution is -0.136. The lowest BCUT2D eigenvalue weighted by Gasteiger charge is -2.45. The fourth-order valence-electron chi connectivity index (χ4n) is 9.32. The summed E-state index contributed by atoms with van der Waals surface area (Å²) in [5.41, 5.74) is 5.16. The number of aryl methyl sites for hydroxylation is 1. The van der Waals surface area contributed by atoms with Gasteiger partial charge in [-0.2, -0.15) is 0 Å². The van der Waals surface area contributed by atoms with E-state index in [9.17, 15) is 24.0 Å². The molecule has 0 bridgehead atoms. The van der Waals surface area contributed by atoms with Crippen molar-refractivity contribution in [2.75, 3.05) is 73.6 Å². The zero-order valence-electron chi connectivity index (χ0n) is 33.5. The van der Waals surface area contributed by atoms with E-state index in [0.29, 0.717) is 35.7 Å². The van der Waals surface area contributed by atoms with Crippen LogP contribution in [-0.4, -0.2) is 126 Å². The summed E-state index contributed by atoms with van der Waals surface area (Å²) in [6, 6.07) is 14.7. The van der Waals surface area contributed by atoms with Gasteiger partial charge in [0.2, 0.25) is 17.7 Å². The van der Waals surface area contributed by atoms with Crippen molar-refractivity contribution in [1.82, 2.24) is 25.0 Å². The molecule has 1 N–H and O–H groups in total. The summed E-state index contributed by atoms with van der Waals surface area (Å²) in [6.45, 7) is 21.3. The number of carbonyl (C=O) groups is 5. The van der Waals surface area contributed by atoms with Gasteiger partial charge in [0.25, 0.3) is 11.8 Å². The first-order valence-electron chi connectivity index (χ1n) is 20.5. The van der Waals surface area contributed by atoms with Crippen LogP contribution in [0.1, 0.15) is 71.4 Å². The van der Waals surface area contributed by atoms with Crippen molar-refractivity contribution in [3.8, 4) is 0 Å². The van der Waals surface area contributed by atoms with Gasteiger partial charge >= 0.3 is 0 Å². The van der Waals surface area contributed by atoms with Crippen molar-refractivity contribution in [3.63, 3.8) is 0 Å². The molecule has 1 aromatic heterocycles. The number of pyridine rings is 1. The molecule has 5 aliphatic heterocycles. The molecule has 3 atom stereocenters. The summed E-state index contributed by atoms with van der Waals surface area (Å²) in [6.07, 6.45) is 4.58. The first kappa shape index (κ1) is 39.0. The van der Waals surface area contributed by atoms with Crippen LogP contribution in [0.4, 0.5) is 22.9 Å². The van der Waals surface area contributed by atoms with Gasteiger partial charge in [0.15, 0.2) is 5.69 Å². The number of imide groups is 2. The van der Waals surface area contributed by atoms with Gasteiger partial charge in [0, 0.05) is 95.0 Å². The van der Waals surface area contributed by atoms with Crippen LogP contribution in [0, 0.1) is 19.4 Å². The molecule has 0 saturated carbocycles. The lowest BCUT2D eigenvalue weighted by atomic mass is 9.95. The first-order valence-corrected chi connectivity index (χ1v) is 20.5. The van der Waals surface area contributed by atoms with Crippen molar-refractivity contribution in [2.24, 2.45) is 5.92 Å². The molecule has 2 aromatic carbocycles. The van der Waals surface area contributed by atoms with Crippen molar-refractivity contribution < 1.29 is 24.0 Å². The molecular weight excluding hydrogens is 735 g/mol. The molecule has 58 heavy (non-hydrogen) atoms. The minimum absolute atomic E-state index is 0.0632. The van der Waals surface area contributed by atoms with Crippen molar-refractivity contribution in [3.05, 3.63) is 88.4 Å². The van der Waals surface area contributed by atoms with Gasteiger partial charge in [-0.05, 0) is 93.5 Å². The van der Waals surface area contributed by atoms with E-state index in [1.807, 2.05) is 42.3 Å². The van der Waals surface area contributed by atoms with Gasteiger partial charge in [0.05, 0.1) is 24.1 Å². The predicted octanol–water partition coefficient (Wildman–Crippen LogP) is 4.05. The Kier molecular flexibility index (Phi) is 10.9. The number of amides is 5. The van der Waals surface area contributed by atoms with Gasteiger partial charge in [-0.1, -0.05) is 12.1 Å². The highest BCUT2D eigenvalue weighted by Gasteiger charge is 2.45. The van der Waals surface area contributed by atoms with Gasteiger partial charge in [-0.25, -0.2) is 9.83 Å². The van der Waals surface area contributed by atoms with Gasteiger partial charge in [-0.15, -0.1) is 0 Å². The second kappa shape index (κ2) is 16.2. The third-order valence-electron chi connectivity index (χ3n) is 12.7. The Morgan fingerprint density at radius 3 is 2.26 bits per heavy atom. The molecule has 14 heteroatoms. The fraction of sp³-hybridized carbons (Fsp3) is 0.477. The standard InChI is InChI=1S/C44H51N9O5/c1-28-21-34(7-9-37(28)45-4)51-25-30(3)52(26-29(51)2)41(55)22-32-5-11-39(46-24-32)50-15-13-31(14-16-50)27-48-17-19-49(20-18-48)33-6-8-35-36(23-33)44(58)53(43(35)57)38-10-12-40(54)47-42(38)56/h5-9,11,21,23-24,29-31,38H,10,12-20,22,25-27H2,1-3H3,(H,47,54,56)/t29-,30+,38?/m0/s1. The Hall–Kier alpha value is -5.81. The summed E-state index contributed by atoms with van der Waals surface area (Å²) in [5, 5.41) is 2.25. The van der Waals surface area contributed by atoms with E-state index < -0.39 is 23.8 Å². The van der Waals surface area contributed by atoms with Crippen LogP contribution in [0.25, 0.3) is 4.85 Å². The number of rotatable bonds is 8. The normalized spacial score (nSPS) is 23.3. The zero-order chi connectivity index (χ0) is 40.7. The van der Waals surface area contributed by atoms with Crippen molar-refractivity contribution in [2.45, 2.75) is 71.0 Å². The van der Waals surface area contributed by atoms with Crippen LogP contribution in [0.2, 0.25) is 0 Å². The fourth-order valence-corrected chi connectivity index (χ4v) is 9.32. The molecule has 8 rings (SSSR count). The molecule has 0 radical (unpaired) electrons. The van der Waals surface area contributed by atoms with E-state index in [1.165, 1.54) is 0 Å². The maximum atomic E-state index is 13.5. The summed E-state index contributed by atoms with van der Waals surface area (Å²) in [4.78, 5) is 84.9. The van der Waals surface area contributed by atoms with E-state index in [4.69, 9.17) is 11.6 Å². The smallest absolute Gasteiger partial charge is 0.262 e. The lowest BCUT2D eigenvalue weighted by Crippen LogP contribution is -2.58. The molecule has 4 saturated heterocycles. The number of piperidine rings is 2. The largest absolute Gasteiger partial charge is 0.369 e. The maximum Gasteiger partial charge on any atom is 0.262 e. The first-order chi connectivity index (χ1) is 28.0. The number of benzene rings is 2. The van der Waals surface area contributed by atoms with Crippen LogP contribution < -0.4 is 20.0 Å². The predicted molar refractivity (Wildman–Crippen MR) is 220 cm³/mol. The maximum absolute atomic E-state index is 13.5. The van der Waals surface area contributed by atoms with Crippen LogP contribution >= 0.6 is 0 Å². The van der Waals surface area contributed by atoms with E-state index in [0.717, 1.165) is 98.4 Å². The molecule has 5 aliphatic rings. The Balaban J connectivity index is 0.777. The number of hydrogen-bond donors (Lipinski definition) is 1. The highest BCUT2D eigenvalue weighted by Crippen LogP contribution is 2.32. The van der Waals surface area contributed by atoms with Crippen molar-refractivity contribution >= 4 is 52.4 Å². The molecule has 6 heterocycles. The van der Waals surface area contributed by atoms with Crippen LogP contribution in [0.5, 0.6) is 0 Å². The molecule has 3 aromatic rings. The summed E-state index contributed by atoms with van der Waals surface area (Å²) >= 11 is 0. The van der Waals surface area contributed by atoms with E-state index >= 15 is 0 Å². The second-order valence-electron chi connectivity index (χ2n) is 16.6. The molecule has 14 nitrogen and oxygen atoms in total. The van der Waals surface area contributed by atoms with Crippen LogP contribution in [0.3, 0.4) is 0 Å². The highest BCUT2D eigenvalue weighted by atomic mass is 16.2. The third kappa shape index (κ3) is 7.75. The summed E-state index contributed by atoms with van der Waals surface area (Å²) in [7, 11) is 0. The van der Waals surface area contributed by atoms with Crippen LogP contribution in [-0.2, 0) is 20.8 Å².